The van der Waals surface area contributed by atoms with E-state index in [1.165, 1.54) is 4.90 Å². The molecule has 0 bridgehead atoms. The van der Waals surface area contributed by atoms with Gasteiger partial charge in [-0.05, 0) is 34.1 Å². The lowest BCUT2D eigenvalue weighted by Gasteiger charge is -2.41. The van der Waals surface area contributed by atoms with Gasteiger partial charge in [0.25, 0.3) is 0 Å². The van der Waals surface area contributed by atoms with Crippen molar-refractivity contribution in [1.82, 2.24) is 9.80 Å². The number of nitrogens with zero attached hydrogens (tertiary/aromatic N) is 2. The Morgan fingerprint density at radius 2 is 1.97 bits per heavy atom. The predicted molar refractivity (Wildman–Crippen MR) is 107 cm³/mol. The summed E-state index contributed by atoms with van der Waals surface area (Å²) in [5, 5.41) is 9.83. The van der Waals surface area contributed by atoms with Gasteiger partial charge < -0.3 is 24.4 Å². The first-order valence-corrected chi connectivity index (χ1v) is 10.6. The molecule has 4 heterocycles. The molecule has 4 aliphatic rings. The monoisotopic (exact) mass is 418 g/mol. The van der Waals surface area contributed by atoms with Crippen LogP contribution < -0.4 is 0 Å². The van der Waals surface area contributed by atoms with Gasteiger partial charge in [-0.25, -0.2) is 0 Å². The molecule has 1 spiro atoms. The molecule has 0 aromatic heterocycles. The number of carbonyl (C=O) groups excluding carboxylic acids is 3. The number of hydrogen-bond donors (Lipinski definition) is 1. The molecule has 0 radical (unpaired) electrons. The fourth-order valence-electron chi connectivity index (χ4n) is 5.21. The lowest BCUT2D eigenvalue weighted by Crippen LogP contribution is -2.60. The number of ether oxygens (including phenoxy) is 2. The molecule has 6 atom stereocenters. The maximum Gasteiger partial charge on any atom is 0.312 e. The van der Waals surface area contributed by atoms with Crippen LogP contribution in [-0.4, -0.2) is 81.8 Å². The highest BCUT2D eigenvalue weighted by atomic mass is 16.6. The van der Waals surface area contributed by atoms with Gasteiger partial charge >= 0.3 is 5.97 Å². The lowest BCUT2D eigenvalue weighted by atomic mass is 9.77. The molecule has 164 valence electrons. The summed E-state index contributed by atoms with van der Waals surface area (Å²) >= 11 is 0. The van der Waals surface area contributed by atoms with Crippen LogP contribution >= 0.6 is 0 Å². The van der Waals surface area contributed by atoms with Gasteiger partial charge in [-0.15, -0.1) is 0 Å². The van der Waals surface area contributed by atoms with Crippen LogP contribution in [-0.2, 0) is 23.9 Å². The molecule has 8 nitrogen and oxygen atoms in total. The smallest absolute Gasteiger partial charge is 0.312 e. The maximum atomic E-state index is 13.8. The Balaban J connectivity index is 1.87. The molecule has 0 aromatic carbocycles. The zero-order valence-corrected chi connectivity index (χ0v) is 17.9. The summed E-state index contributed by atoms with van der Waals surface area (Å²) < 4.78 is 11.8. The second-order valence-electron chi connectivity index (χ2n) is 9.53. The molecule has 0 aromatic rings. The van der Waals surface area contributed by atoms with Gasteiger partial charge in [0.15, 0.2) is 0 Å². The number of cyclic esters (lactones) is 1. The molecule has 3 unspecified atom stereocenters. The number of aliphatic hydroxyl groups is 1. The van der Waals surface area contributed by atoms with E-state index in [0.717, 1.165) is 0 Å². The first-order chi connectivity index (χ1) is 14.1. The first-order valence-electron chi connectivity index (χ1n) is 10.6. The molecule has 2 fully saturated rings. The summed E-state index contributed by atoms with van der Waals surface area (Å²) in [6.07, 6.45) is 7.28. The van der Waals surface area contributed by atoms with E-state index in [1.54, 1.807) is 17.9 Å². The van der Waals surface area contributed by atoms with Crippen LogP contribution in [0.3, 0.4) is 0 Å². The van der Waals surface area contributed by atoms with E-state index in [2.05, 4.69) is 0 Å². The lowest BCUT2D eigenvalue weighted by molar-refractivity contribution is -0.157. The number of rotatable bonds is 2. The van der Waals surface area contributed by atoms with Crippen molar-refractivity contribution in [3.8, 4) is 0 Å². The number of hydrogen-bond acceptors (Lipinski definition) is 6. The highest BCUT2D eigenvalue weighted by molar-refractivity contribution is 5.99. The van der Waals surface area contributed by atoms with Gasteiger partial charge in [-0.1, -0.05) is 24.3 Å². The summed E-state index contributed by atoms with van der Waals surface area (Å²) in [5.41, 5.74) is -1.75. The standard InChI is InChI=1S/C22H30N2O6/c1-13(12-25)24-17-19(27)23(21(2,3)4)10-7-9-22(17)16(18(24)26)15-14(30-22)8-5-6-11-29-20(15)28/h5,7-9,13-17,25H,6,10-12H2,1-4H3/t13?,14-,15?,16+,17-,22?/m1/s1. The molecular formula is C22H30N2O6. The molecule has 0 saturated carbocycles. The van der Waals surface area contributed by atoms with Crippen molar-refractivity contribution in [3.05, 3.63) is 24.3 Å². The van der Waals surface area contributed by atoms with Crippen molar-refractivity contribution in [2.45, 2.75) is 63.4 Å². The van der Waals surface area contributed by atoms with E-state index in [1.807, 2.05) is 39.0 Å². The van der Waals surface area contributed by atoms with Gasteiger partial charge in [0.1, 0.15) is 17.6 Å². The Morgan fingerprint density at radius 1 is 1.23 bits per heavy atom. The van der Waals surface area contributed by atoms with Crippen molar-refractivity contribution < 1.29 is 29.0 Å². The van der Waals surface area contributed by atoms with Gasteiger partial charge in [-0.3, -0.25) is 14.4 Å². The van der Waals surface area contributed by atoms with Crippen LogP contribution in [0.25, 0.3) is 0 Å². The van der Waals surface area contributed by atoms with Gasteiger partial charge in [-0.2, -0.15) is 0 Å². The van der Waals surface area contributed by atoms with E-state index < -0.39 is 47.1 Å². The number of esters is 1. The normalized spacial score (nSPS) is 37.2. The third-order valence-corrected chi connectivity index (χ3v) is 6.61. The molecule has 4 rings (SSSR count). The van der Waals surface area contributed by atoms with Crippen LogP contribution in [0.2, 0.25) is 0 Å². The summed E-state index contributed by atoms with van der Waals surface area (Å²) in [7, 11) is 0. The minimum Gasteiger partial charge on any atom is -0.465 e. The molecule has 2 saturated heterocycles. The highest BCUT2D eigenvalue weighted by Gasteiger charge is 2.72. The van der Waals surface area contributed by atoms with Crippen LogP contribution in [0.4, 0.5) is 0 Å². The summed E-state index contributed by atoms with van der Waals surface area (Å²) in [4.78, 5) is 43.5. The van der Waals surface area contributed by atoms with Crippen molar-refractivity contribution in [2.24, 2.45) is 11.8 Å². The second kappa shape index (κ2) is 7.20. The van der Waals surface area contributed by atoms with Gasteiger partial charge in [0, 0.05) is 12.1 Å². The number of carbonyl (C=O) groups is 3. The van der Waals surface area contributed by atoms with Crippen molar-refractivity contribution in [3.63, 3.8) is 0 Å². The van der Waals surface area contributed by atoms with E-state index >= 15 is 0 Å². The number of fused-ring (bicyclic) bond motifs is 2. The van der Waals surface area contributed by atoms with Crippen molar-refractivity contribution in [2.75, 3.05) is 19.8 Å². The number of aliphatic hydroxyl groups excluding tert-OH is 1. The second-order valence-corrected chi connectivity index (χ2v) is 9.53. The average molecular weight is 418 g/mol. The molecule has 8 heteroatoms. The Hall–Kier alpha value is -2.19. The molecule has 0 aliphatic carbocycles. The van der Waals surface area contributed by atoms with E-state index in [9.17, 15) is 19.5 Å². The fourth-order valence-corrected chi connectivity index (χ4v) is 5.21. The molecule has 4 aliphatic heterocycles. The third kappa shape index (κ3) is 2.92. The minimum atomic E-state index is -1.28. The highest BCUT2D eigenvalue weighted by Crippen LogP contribution is 2.53. The zero-order valence-electron chi connectivity index (χ0n) is 17.9. The third-order valence-electron chi connectivity index (χ3n) is 6.61. The molecular weight excluding hydrogens is 388 g/mol. The first kappa shape index (κ1) is 21.1. The fraction of sp³-hybridized carbons (Fsp3) is 0.682. The maximum absolute atomic E-state index is 13.8. The van der Waals surface area contributed by atoms with Crippen molar-refractivity contribution in [1.29, 1.82) is 0 Å². The van der Waals surface area contributed by atoms with Crippen molar-refractivity contribution >= 4 is 17.8 Å². The van der Waals surface area contributed by atoms with E-state index in [-0.39, 0.29) is 25.0 Å². The summed E-state index contributed by atoms with van der Waals surface area (Å²) in [5.74, 6) is -2.78. The quantitative estimate of drug-likeness (QED) is 0.523. The number of likely N-dealkylation sites (tertiary alicyclic amines) is 1. The summed E-state index contributed by atoms with van der Waals surface area (Å²) in [6.45, 7) is 7.85. The Bertz CT molecular complexity index is 815. The Morgan fingerprint density at radius 3 is 2.63 bits per heavy atom. The van der Waals surface area contributed by atoms with Crippen LogP contribution in [0.1, 0.15) is 34.1 Å². The SMILES string of the molecule is CC(CO)N1C(=O)[C@@H]2C3C(=O)OCCC=C[C@H]3OC23C=CCN(C(C)(C)C)C(=O)[C@@H]13. The van der Waals surface area contributed by atoms with Gasteiger partial charge in [0.2, 0.25) is 11.8 Å². The molecule has 1 N–H and O–H groups in total. The van der Waals surface area contributed by atoms with E-state index in [4.69, 9.17) is 9.47 Å². The number of amides is 2. The molecule has 2 amide bonds. The Labute approximate surface area is 176 Å². The minimum absolute atomic E-state index is 0.240. The largest absolute Gasteiger partial charge is 0.465 e. The summed E-state index contributed by atoms with van der Waals surface area (Å²) in [6, 6.07) is -1.55. The van der Waals surface area contributed by atoms with Crippen LogP contribution in [0, 0.1) is 11.8 Å². The van der Waals surface area contributed by atoms with E-state index in [0.29, 0.717) is 13.0 Å². The predicted octanol–water partition coefficient (Wildman–Crippen LogP) is 0.648. The van der Waals surface area contributed by atoms with Crippen LogP contribution in [0.5, 0.6) is 0 Å². The van der Waals surface area contributed by atoms with Crippen LogP contribution in [0.15, 0.2) is 24.3 Å². The Kier molecular flexibility index (Phi) is 5.05. The zero-order chi connectivity index (χ0) is 21.8. The average Bonchev–Trinajstić information content (AvgIpc) is 3.04. The molecule has 30 heavy (non-hydrogen) atoms. The van der Waals surface area contributed by atoms with Gasteiger partial charge in [0.05, 0.1) is 31.3 Å². The topological polar surface area (TPSA) is 96.4 Å².